The van der Waals surface area contributed by atoms with Gasteiger partial charge in [-0.2, -0.15) is 11.8 Å². The summed E-state index contributed by atoms with van der Waals surface area (Å²) in [6.07, 6.45) is 6.79. The van der Waals surface area contributed by atoms with Crippen LogP contribution >= 0.6 is 11.8 Å². The number of carboxylic acid groups (broad SMARTS) is 1. The first-order valence-electron chi connectivity index (χ1n) is 4.11. The normalized spacial score (nSPS) is 15.0. The zero-order valence-electron chi connectivity index (χ0n) is 7.88. The van der Waals surface area contributed by atoms with Crippen LogP contribution in [-0.2, 0) is 10.5 Å². The summed E-state index contributed by atoms with van der Waals surface area (Å²) in [5.74, 6) is -0.342. The third kappa shape index (κ3) is 2.08. The Balaban J connectivity index is 2.87. The monoisotopic (exact) mass is 215 g/mol. The van der Waals surface area contributed by atoms with E-state index in [4.69, 9.17) is 10.8 Å². The Bertz CT molecular complexity index is 302. The largest absolute Gasteiger partial charge is 0.478 e. The molecular formula is C8H13N3O2S. The maximum Gasteiger partial charge on any atom is 0.345 e. The van der Waals surface area contributed by atoms with Crippen LogP contribution in [0.3, 0.4) is 0 Å². The van der Waals surface area contributed by atoms with E-state index in [9.17, 15) is 4.79 Å². The Morgan fingerprint density at radius 3 is 2.93 bits per heavy atom. The number of carbonyl (C=O) groups is 1. The number of hydrogen-bond acceptors (Lipinski definition) is 4. The predicted octanol–water partition coefficient (Wildman–Crippen LogP) is 0.332. The van der Waals surface area contributed by atoms with Crippen LogP contribution in [-0.4, -0.2) is 32.6 Å². The maximum atomic E-state index is 11.0. The lowest BCUT2D eigenvalue weighted by molar-refractivity contribution is -0.147. The molecule has 3 N–H and O–H groups in total. The molecule has 0 aliphatic heterocycles. The molecule has 6 heteroatoms. The third-order valence-electron chi connectivity index (χ3n) is 2.02. The summed E-state index contributed by atoms with van der Waals surface area (Å²) in [5, 5.41) is 9.05. The van der Waals surface area contributed by atoms with E-state index in [-0.39, 0.29) is 0 Å². The summed E-state index contributed by atoms with van der Waals surface area (Å²) in [7, 11) is 0. The van der Waals surface area contributed by atoms with Gasteiger partial charge in [0.2, 0.25) is 0 Å². The Morgan fingerprint density at radius 1 is 1.79 bits per heavy atom. The van der Waals surface area contributed by atoms with Gasteiger partial charge in [-0.1, -0.05) is 0 Å². The molecule has 0 aliphatic carbocycles. The van der Waals surface area contributed by atoms with Gasteiger partial charge < -0.3 is 9.67 Å². The first kappa shape index (κ1) is 11.1. The van der Waals surface area contributed by atoms with Gasteiger partial charge in [0.05, 0.1) is 6.33 Å². The van der Waals surface area contributed by atoms with Crippen molar-refractivity contribution in [3.05, 3.63) is 18.7 Å². The zero-order valence-corrected chi connectivity index (χ0v) is 8.70. The second kappa shape index (κ2) is 4.47. The van der Waals surface area contributed by atoms with Gasteiger partial charge in [0.1, 0.15) is 0 Å². The van der Waals surface area contributed by atoms with E-state index in [1.54, 1.807) is 18.0 Å². The topological polar surface area (TPSA) is 81.1 Å². The quantitative estimate of drug-likeness (QED) is 0.740. The van der Waals surface area contributed by atoms with Gasteiger partial charge in [-0.15, -0.1) is 0 Å². The van der Waals surface area contributed by atoms with E-state index >= 15 is 0 Å². The van der Waals surface area contributed by atoms with E-state index in [1.165, 1.54) is 17.1 Å². The molecule has 1 atom stereocenters. The zero-order chi connectivity index (χ0) is 10.6. The summed E-state index contributed by atoms with van der Waals surface area (Å²) >= 11 is 1.57. The Hall–Kier alpha value is -1.01. The van der Waals surface area contributed by atoms with Gasteiger partial charge in [0.25, 0.3) is 0 Å². The fourth-order valence-corrected chi connectivity index (χ4v) is 1.61. The Labute approximate surface area is 86.3 Å². The van der Waals surface area contributed by atoms with Gasteiger partial charge in [-0.25, -0.2) is 9.78 Å². The van der Waals surface area contributed by atoms with Crippen LogP contribution in [0.5, 0.6) is 0 Å². The second-order valence-corrected chi connectivity index (χ2v) is 3.93. The smallest absolute Gasteiger partial charge is 0.345 e. The van der Waals surface area contributed by atoms with E-state index in [0.717, 1.165) is 0 Å². The molecule has 1 rings (SSSR count). The number of carboxylic acids is 1. The number of aliphatic carboxylic acids is 1. The lowest BCUT2D eigenvalue weighted by atomic mass is 10.1. The number of nitrogens with two attached hydrogens (primary N) is 1. The van der Waals surface area contributed by atoms with E-state index < -0.39 is 11.6 Å². The number of imidazole rings is 1. The van der Waals surface area contributed by atoms with Crippen molar-refractivity contribution in [1.82, 2.24) is 9.55 Å². The molecule has 0 saturated carbocycles. The van der Waals surface area contributed by atoms with Crippen LogP contribution in [0.15, 0.2) is 18.7 Å². The van der Waals surface area contributed by atoms with Crippen LogP contribution in [0.25, 0.3) is 0 Å². The highest BCUT2D eigenvalue weighted by atomic mass is 32.2. The highest BCUT2D eigenvalue weighted by Gasteiger charge is 2.34. The molecule has 5 nitrogen and oxygen atoms in total. The van der Waals surface area contributed by atoms with E-state index in [0.29, 0.717) is 12.2 Å². The molecule has 0 bridgehead atoms. The van der Waals surface area contributed by atoms with Crippen molar-refractivity contribution in [3.8, 4) is 0 Å². The fourth-order valence-electron chi connectivity index (χ4n) is 1.10. The standard InChI is InChI=1S/C8H13N3O2S/c1-14-5-2-8(9,7(12)13)11-4-3-10-6-11/h3-4,6H,2,5,9H2,1H3,(H,12,13). The molecule has 0 amide bonds. The van der Waals surface area contributed by atoms with Crippen LogP contribution in [0, 0.1) is 0 Å². The molecule has 0 aromatic carbocycles. The SMILES string of the molecule is CSCCC(N)(C(=O)O)n1ccnc1. The molecule has 14 heavy (non-hydrogen) atoms. The van der Waals surface area contributed by atoms with Gasteiger partial charge in [-0.05, 0) is 12.0 Å². The molecule has 0 saturated heterocycles. The summed E-state index contributed by atoms with van der Waals surface area (Å²) < 4.78 is 1.42. The third-order valence-corrected chi connectivity index (χ3v) is 2.64. The summed E-state index contributed by atoms with van der Waals surface area (Å²) in [5.41, 5.74) is 4.43. The molecule has 1 unspecified atom stereocenters. The first-order chi connectivity index (χ1) is 6.61. The van der Waals surface area contributed by atoms with Crippen LogP contribution in [0.2, 0.25) is 0 Å². The molecule has 78 valence electrons. The van der Waals surface area contributed by atoms with Gasteiger partial charge in [-0.3, -0.25) is 5.73 Å². The van der Waals surface area contributed by atoms with Crippen molar-refractivity contribution in [2.45, 2.75) is 12.1 Å². The van der Waals surface area contributed by atoms with Crippen molar-refractivity contribution >= 4 is 17.7 Å². The minimum Gasteiger partial charge on any atom is -0.478 e. The first-order valence-corrected chi connectivity index (χ1v) is 5.50. The highest BCUT2D eigenvalue weighted by molar-refractivity contribution is 7.98. The van der Waals surface area contributed by atoms with Crippen molar-refractivity contribution in [1.29, 1.82) is 0 Å². The van der Waals surface area contributed by atoms with Crippen molar-refractivity contribution < 1.29 is 9.90 Å². The lowest BCUT2D eigenvalue weighted by Crippen LogP contribution is -2.50. The van der Waals surface area contributed by atoms with Gasteiger partial charge in [0.15, 0.2) is 5.66 Å². The number of nitrogens with zero attached hydrogens (tertiary/aromatic N) is 2. The summed E-state index contributed by atoms with van der Waals surface area (Å²) in [6.45, 7) is 0. The average molecular weight is 215 g/mol. The predicted molar refractivity (Wildman–Crippen MR) is 55.0 cm³/mol. The van der Waals surface area contributed by atoms with Crippen molar-refractivity contribution in [3.63, 3.8) is 0 Å². The molecule has 1 aromatic heterocycles. The number of aromatic nitrogens is 2. The lowest BCUT2D eigenvalue weighted by Gasteiger charge is -2.25. The van der Waals surface area contributed by atoms with Crippen molar-refractivity contribution in [2.75, 3.05) is 12.0 Å². The van der Waals surface area contributed by atoms with Crippen molar-refractivity contribution in [2.24, 2.45) is 5.73 Å². The van der Waals surface area contributed by atoms with E-state index in [1.807, 2.05) is 6.26 Å². The average Bonchev–Trinajstić information content (AvgIpc) is 2.66. The van der Waals surface area contributed by atoms with Crippen LogP contribution < -0.4 is 5.73 Å². The Kier molecular flexibility index (Phi) is 3.54. The minimum atomic E-state index is -1.38. The highest BCUT2D eigenvalue weighted by Crippen LogP contribution is 2.16. The Morgan fingerprint density at radius 2 is 2.50 bits per heavy atom. The van der Waals surface area contributed by atoms with Gasteiger partial charge in [0, 0.05) is 18.8 Å². The maximum absolute atomic E-state index is 11.0. The number of hydrogen-bond donors (Lipinski definition) is 2. The fraction of sp³-hybridized carbons (Fsp3) is 0.500. The molecule has 0 radical (unpaired) electrons. The summed E-state index contributed by atoms with van der Waals surface area (Å²) in [6, 6.07) is 0. The van der Waals surface area contributed by atoms with Crippen LogP contribution in [0.1, 0.15) is 6.42 Å². The number of rotatable bonds is 5. The second-order valence-electron chi connectivity index (χ2n) is 2.94. The molecule has 0 spiro atoms. The van der Waals surface area contributed by atoms with Gasteiger partial charge >= 0.3 is 5.97 Å². The molecule has 0 aliphatic rings. The molecule has 0 fully saturated rings. The summed E-state index contributed by atoms with van der Waals surface area (Å²) in [4.78, 5) is 14.8. The van der Waals surface area contributed by atoms with Crippen LogP contribution in [0.4, 0.5) is 0 Å². The molecular weight excluding hydrogens is 202 g/mol. The molecule has 1 heterocycles. The number of thioether (sulfide) groups is 1. The minimum absolute atomic E-state index is 0.375. The molecule has 1 aromatic rings. The van der Waals surface area contributed by atoms with E-state index in [2.05, 4.69) is 4.98 Å².